The third kappa shape index (κ3) is 5.60. The molecule has 1 unspecified atom stereocenters. The molecule has 1 saturated heterocycles. The Morgan fingerprint density at radius 2 is 1.96 bits per heavy atom. The number of benzene rings is 1. The number of hydrogen-bond donors (Lipinski definition) is 1. The summed E-state index contributed by atoms with van der Waals surface area (Å²) in [4.78, 5) is 14.0. The Balaban J connectivity index is 1.86. The van der Waals surface area contributed by atoms with Gasteiger partial charge in [-0.05, 0) is 36.5 Å². The maximum atomic E-state index is 12.2. The van der Waals surface area contributed by atoms with Crippen molar-refractivity contribution in [1.29, 1.82) is 0 Å². The molecular weight excluding hydrogens is 356 g/mol. The zero-order valence-electron chi connectivity index (χ0n) is 15.7. The number of methoxy groups -OCH3 is 2. The number of nitrogens with zero attached hydrogens (tertiary/aromatic N) is 1. The Bertz CT molecular complexity index is 720. The molecule has 0 aliphatic carbocycles. The lowest BCUT2D eigenvalue weighted by Gasteiger charge is -2.17. The van der Waals surface area contributed by atoms with Gasteiger partial charge in [0.15, 0.2) is 11.5 Å². The second-order valence-corrected chi connectivity index (χ2v) is 8.44. The highest BCUT2D eigenvalue weighted by Gasteiger charge is 2.29. The van der Waals surface area contributed by atoms with Gasteiger partial charge in [-0.15, -0.1) is 0 Å². The smallest absolute Gasteiger partial charge is 0.222 e. The number of ether oxygens (including phenoxy) is 2. The van der Waals surface area contributed by atoms with Gasteiger partial charge in [-0.2, -0.15) is 0 Å². The molecule has 2 rings (SSSR count). The minimum absolute atomic E-state index is 0.0273. The van der Waals surface area contributed by atoms with Crippen LogP contribution in [-0.4, -0.2) is 58.8 Å². The highest BCUT2D eigenvalue weighted by atomic mass is 32.2. The lowest BCUT2D eigenvalue weighted by molar-refractivity contribution is -0.127. The van der Waals surface area contributed by atoms with E-state index in [1.807, 2.05) is 25.1 Å². The van der Waals surface area contributed by atoms with Gasteiger partial charge in [-0.1, -0.05) is 13.0 Å². The summed E-state index contributed by atoms with van der Waals surface area (Å²) >= 11 is 0. The Hall–Kier alpha value is -1.80. The van der Waals surface area contributed by atoms with Gasteiger partial charge in [0.2, 0.25) is 15.9 Å². The lowest BCUT2D eigenvalue weighted by Crippen LogP contribution is -2.33. The molecule has 146 valence electrons. The van der Waals surface area contributed by atoms with Crippen LogP contribution in [0.3, 0.4) is 0 Å². The molecule has 1 heterocycles. The van der Waals surface area contributed by atoms with Crippen molar-refractivity contribution in [2.24, 2.45) is 5.92 Å². The second-order valence-electron chi connectivity index (χ2n) is 6.52. The molecule has 1 aliphatic heterocycles. The fraction of sp³-hybridized carbons (Fsp3) is 0.611. The number of carbonyl (C=O) groups is 1. The molecule has 0 spiro atoms. The Kier molecular flexibility index (Phi) is 7.28. The quantitative estimate of drug-likeness (QED) is 0.660. The molecule has 7 nitrogen and oxygen atoms in total. The van der Waals surface area contributed by atoms with E-state index in [2.05, 4.69) is 4.72 Å². The molecule has 1 amide bonds. The minimum Gasteiger partial charge on any atom is -0.493 e. The van der Waals surface area contributed by atoms with Gasteiger partial charge in [0.05, 0.1) is 20.0 Å². The fourth-order valence-corrected chi connectivity index (χ4v) is 4.26. The van der Waals surface area contributed by atoms with Crippen molar-refractivity contribution in [1.82, 2.24) is 9.62 Å². The summed E-state index contributed by atoms with van der Waals surface area (Å²) in [7, 11) is -0.0436. The zero-order valence-corrected chi connectivity index (χ0v) is 16.5. The average molecular weight is 384 g/mol. The van der Waals surface area contributed by atoms with E-state index in [0.29, 0.717) is 50.4 Å². The molecule has 8 heteroatoms. The Morgan fingerprint density at radius 1 is 1.23 bits per heavy atom. The summed E-state index contributed by atoms with van der Waals surface area (Å²) in [5.41, 5.74) is 1.06. The molecule has 1 aromatic carbocycles. The number of carbonyl (C=O) groups excluding carboxylic acids is 1. The molecule has 0 saturated carbocycles. The largest absolute Gasteiger partial charge is 0.493 e. The Labute approximate surface area is 155 Å². The topological polar surface area (TPSA) is 84.9 Å². The van der Waals surface area contributed by atoms with Crippen LogP contribution < -0.4 is 14.2 Å². The number of likely N-dealkylation sites (tertiary alicyclic amines) is 1. The number of nitrogens with one attached hydrogen (secondary N) is 1. The molecule has 0 bridgehead atoms. The van der Waals surface area contributed by atoms with Crippen LogP contribution >= 0.6 is 0 Å². The van der Waals surface area contributed by atoms with Crippen molar-refractivity contribution in [3.8, 4) is 11.5 Å². The van der Waals surface area contributed by atoms with E-state index in [0.717, 1.165) is 5.56 Å². The normalized spacial score (nSPS) is 17.6. The summed E-state index contributed by atoms with van der Waals surface area (Å²) in [6.45, 7) is 3.34. The van der Waals surface area contributed by atoms with Crippen LogP contribution in [0.15, 0.2) is 18.2 Å². The maximum Gasteiger partial charge on any atom is 0.222 e. The van der Waals surface area contributed by atoms with Crippen LogP contribution in [-0.2, 0) is 21.2 Å². The monoisotopic (exact) mass is 384 g/mol. The average Bonchev–Trinajstić information content (AvgIpc) is 2.98. The van der Waals surface area contributed by atoms with Crippen molar-refractivity contribution in [3.63, 3.8) is 0 Å². The van der Waals surface area contributed by atoms with E-state index >= 15 is 0 Å². The first kappa shape index (κ1) is 20.5. The van der Waals surface area contributed by atoms with Crippen LogP contribution in [0.5, 0.6) is 11.5 Å². The van der Waals surface area contributed by atoms with E-state index < -0.39 is 10.0 Å². The predicted octanol–water partition coefficient (Wildman–Crippen LogP) is 1.42. The molecule has 0 aromatic heterocycles. The SMILES string of the molecule is CCCS(=O)(=O)NCC1CC(=O)N(CCc2ccc(OC)c(OC)c2)C1. The van der Waals surface area contributed by atoms with Crippen molar-refractivity contribution in [3.05, 3.63) is 23.8 Å². The zero-order chi connectivity index (χ0) is 19.2. The van der Waals surface area contributed by atoms with Crippen molar-refractivity contribution in [2.75, 3.05) is 39.6 Å². The minimum atomic E-state index is -3.23. The molecule has 1 aromatic rings. The van der Waals surface area contributed by atoms with E-state index in [1.54, 1.807) is 19.1 Å². The predicted molar refractivity (Wildman–Crippen MR) is 100 cm³/mol. The molecule has 1 fully saturated rings. The lowest BCUT2D eigenvalue weighted by atomic mass is 10.1. The summed E-state index contributed by atoms with van der Waals surface area (Å²) in [5, 5.41) is 0. The molecule has 1 N–H and O–H groups in total. The van der Waals surface area contributed by atoms with E-state index in [1.165, 1.54) is 0 Å². The van der Waals surface area contributed by atoms with E-state index in [9.17, 15) is 13.2 Å². The fourth-order valence-electron chi connectivity index (χ4n) is 3.09. The summed E-state index contributed by atoms with van der Waals surface area (Å²) in [6, 6.07) is 5.72. The van der Waals surface area contributed by atoms with Gasteiger partial charge < -0.3 is 14.4 Å². The van der Waals surface area contributed by atoms with Crippen LogP contribution in [0.1, 0.15) is 25.3 Å². The summed E-state index contributed by atoms with van der Waals surface area (Å²) in [5.74, 6) is 1.56. The summed E-state index contributed by atoms with van der Waals surface area (Å²) in [6.07, 6.45) is 1.68. The first-order valence-electron chi connectivity index (χ1n) is 8.84. The number of sulfonamides is 1. The van der Waals surface area contributed by atoms with Crippen LogP contribution in [0.2, 0.25) is 0 Å². The third-order valence-corrected chi connectivity index (χ3v) is 6.03. The van der Waals surface area contributed by atoms with Gasteiger partial charge in [0, 0.05) is 26.1 Å². The van der Waals surface area contributed by atoms with Gasteiger partial charge in [-0.3, -0.25) is 4.79 Å². The number of amides is 1. The van der Waals surface area contributed by atoms with Crippen molar-refractivity contribution < 1.29 is 22.7 Å². The highest BCUT2D eigenvalue weighted by Crippen LogP contribution is 2.28. The molecular formula is C18H28N2O5S. The second kappa shape index (κ2) is 9.23. The highest BCUT2D eigenvalue weighted by molar-refractivity contribution is 7.89. The molecule has 1 atom stereocenters. The number of hydrogen-bond acceptors (Lipinski definition) is 5. The maximum absolute atomic E-state index is 12.2. The first-order valence-corrected chi connectivity index (χ1v) is 10.5. The van der Waals surface area contributed by atoms with Crippen molar-refractivity contribution >= 4 is 15.9 Å². The summed E-state index contributed by atoms with van der Waals surface area (Å²) < 4.78 is 36.6. The molecule has 1 aliphatic rings. The Morgan fingerprint density at radius 3 is 2.62 bits per heavy atom. The van der Waals surface area contributed by atoms with Gasteiger partial charge in [0.25, 0.3) is 0 Å². The van der Waals surface area contributed by atoms with E-state index in [-0.39, 0.29) is 17.6 Å². The van der Waals surface area contributed by atoms with Crippen molar-refractivity contribution in [2.45, 2.75) is 26.2 Å². The van der Waals surface area contributed by atoms with E-state index in [4.69, 9.17) is 9.47 Å². The number of rotatable bonds is 10. The van der Waals surface area contributed by atoms with Crippen LogP contribution in [0.4, 0.5) is 0 Å². The standard InChI is InChI=1S/C18H28N2O5S/c1-4-9-26(22,23)19-12-15-11-18(21)20(13-15)8-7-14-5-6-16(24-2)17(10-14)25-3/h5-6,10,15,19H,4,7-9,11-13H2,1-3H3. The first-order chi connectivity index (χ1) is 12.4. The van der Waals surface area contributed by atoms with Gasteiger partial charge >= 0.3 is 0 Å². The van der Waals surface area contributed by atoms with Crippen LogP contribution in [0, 0.1) is 5.92 Å². The molecule has 26 heavy (non-hydrogen) atoms. The third-order valence-electron chi connectivity index (χ3n) is 4.48. The van der Waals surface area contributed by atoms with Crippen LogP contribution in [0.25, 0.3) is 0 Å². The van der Waals surface area contributed by atoms with Gasteiger partial charge in [-0.25, -0.2) is 13.1 Å². The molecule has 0 radical (unpaired) electrons. The van der Waals surface area contributed by atoms with Gasteiger partial charge in [0.1, 0.15) is 0 Å².